The second-order valence-electron chi connectivity index (χ2n) is 4.00. The van der Waals surface area contributed by atoms with Crippen LogP contribution in [0.3, 0.4) is 0 Å². The summed E-state index contributed by atoms with van der Waals surface area (Å²) in [4.78, 5) is 10.7. The summed E-state index contributed by atoms with van der Waals surface area (Å²) in [6, 6.07) is -0.715. The molecule has 0 fully saturated rings. The van der Waals surface area contributed by atoms with E-state index >= 15 is 0 Å². The number of hydrogen-bond acceptors (Lipinski definition) is 3. The van der Waals surface area contributed by atoms with Crippen LogP contribution in [0, 0.1) is 0 Å². The van der Waals surface area contributed by atoms with Crippen LogP contribution in [0.4, 0.5) is 4.79 Å². The first-order valence-corrected chi connectivity index (χ1v) is 4.37. The molecular formula is C9H19N3O2. The van der Waals surface area contributed by atoms with Gasteiger partial charge in [0.1, 0.15) is 0 Å². The predicted octanol–water partition coefficient (Wildman–Crippen LogP) is 0.348. The molecule has 0 saturated heterocycles. The minimum Gasteiger partial charge on any atom is -0.386 e. The summed E-state index contributed by atoms with van der Waals surface area (Å²) in [5.41, 5.74) is 5.61. The second kappa shape index (κ2) is 4.43. The van der Waals surface area contributed by atoms with Crippen LogP contribution in [0.1, 0.15) is 27.7 Å². The van der Waals surface area contributed by atoms with E-state index in [2.05, 4.69) is 0 Å². The van der Waals surface area contributed by atoms with Gasteiger partial charge in [0.2, 0.25) is 0 Å². The van der Waals surface area contributed by atoms with Crippen molar-refractivity contribution in [1.29, 1.82) is 0 Å². The van der Waals surface area contributed by atoms with Gasteiger partial charge < -0.3 is 10.8 Å². The molecule has 5 nitrogen and oxygen atoms in total. The van der Waals surface area contributed by atoms with Gasteiger partial charge in [-0.1, -0.05) is 5.57 Å². The molecule has 2 amide bonds. The van der Waals surface area contributed by atoms with Gasteiger partial charge in [-0.15, -0.1) is 0 Å². The Labute approximate surface area is 84.3 Å². The Kier molecular flexibility index (Phi) is 4.09. The molecule has 0 saturated carbocycles. The van der Waals surface area contributed by atoms with E-state index in [0.717, 1.165) is 10.6 Å². The Morgan fingerprint density at radius 1 is 1.43 bits per heavy atom. The van der Waals surface area contributed by atoms with E-state index in [-0.39, 0.29) is 6.54 Å². The summed E-state index contributed by atoms with van der Waals surface area (Å²) >= 11 is 0. The van der Waals surface area contributed by atoms with Crippen LogP contribution in [-0.2, 0) is 0 Å². The van der Waals surface area contributed by atoms with Crippen molar-refractivity contribution in [2.45, 2.75) is 33.3 Å². The van der Waals surface area contributed by atoms with Crippen LogP contribution >= 0.6 is 0 Å². The molecule has 14 heavy (non-hydrogen) atoms. The summed E-state index contributed by atoms with van der Waals surface area (Å²) in [5.74, 6) is 5.37. The van der Waals surface area contributed by atoms with Crippen LogP contribution in [0.15, 0.2) is 11.1 Å². The highest BCUT2D eigenvalue weighted by atomic mass is 16.3. The number of rotatable bonds is 3. The smallest absolute Gasteiger partial charge is 0.329 e. The normalized spacial score (nSPS) is 11.0. The van der Waals surface area contributed by atoms with E-state index in [4.69, 9.17) is 11.6 Å². The first kappa shape index (κ1) is 12.9. The maximum absolute atomic E-state index is 10.7. The molecule has 0 radical (unpaired) electrons. The van der Waals surface area contributed by atoms with E-state index < -0.39 is 11.6 Å². The lowest BCUT2D eigenvalue weighted by Crippen LogP contribution is -2.45. The van der Waals surface area contributed by atoms with Gasteiger partial charge in [-0.2, -0.15) is 0 Å². The fourth-order valence-corrected chi connectivity index (χ4v) is 1.21. The van der Waals surface area contributed by atoms with E-state index in [0.29, 0.717) is 5.57 Å². The van der Waals surface area contributed by atoms with Gasteiger partial charge in [0, 0.05) is 0 Å². The van der Waals surface area contributed by atoms with Crippen molar-refractivity contribution < 1.29 is 9.90 Å². The molecule has 82 valence electrons. The number of nitrogens with zero attached hydrogens (tertiary/aromatic N) is 1. The number of hydrazine groups is 1. The molecule has 0 aliphatic heterocycles. The number of carbonyl (C=O) groups is 1. The van der Waals surface area contributed by atoms with Gasteiger partial charge in [-0.25, -0.2) is 10.6 Å². The fourth-order valence-electron chi connectivity index (χ4n) is 1.21. The zero-order valence-electron chi connectivity index (χ0n) is 9.16. The Morgan fingerprint density at radius 3 is 2.07 bits per heavy atom. The van der Waals surface area contributed by atoms with Crippen molar-refractivity contribution >= 4 is 6.03 Å². The van der Waals surface area contributed by atoms with Crippen LogP contribution in [-0.4, -0.2) is 28.3 Å². The van der Waals surface area contributed by atoms with E-state index in [1.165, 1.54) is 0 Å². The van der Waals surface area contributed by atoms with E-state index in [9.17, 15) is 9.90 Å². The predicted molar refractivity (Wildman–Crippen MR) is 55.1 cm³/mol. The molecule has 5 heteroatoms. The number of primary amides is 1. The van der Waals surface area contributed by atoms with Crippen LogP contribution in [0.5, 0.6) is 0 Å². The Morgan fingerprint density at radius 2 is 1.86 bits per heavy atom. The van der Waals surface area contributed by atoms with Crippen molar-refractivity contribution in [3.63, 3.8) is 0 Å². The number of hydrogen-bond donors (Lipinski definition) is 3. The monoisotopic (exact) mass is 201 g/mol. The zero-order valence-corrected chi connectivity index (χ0v) is 9.16. The molecular weight excluding hydrogens is 182 g/mol. The first-order valence-electron chi connectivity index (χ1n) is 4.37. The quantitative estimate of drug-likeness (QED) is 0.266. The van der Waals surface area contributed by atoms with Crippen LogP contribution < -0.4 is 11.6 Å². The molecule has 0 atom stereocenters. The number of nitrogens with two attached hydrogens (primary N) is 2. The fraction of sp³-hybridized carbons (Fsp3) is 0.667. The molecule has 0 heterocycles. The molecule has 0 unspecified atom stereocenters. The summed E-state index contributed by atoms with van der Waals surface area (Å²) in [6.45, 7) is 7.12. The SMILES string of the molecule is CC(C)=C(CN(N)C(N)=O)C(C)(C)O. The van der Waals surface area contributed by atoms with Gasteiger partial charge in [0.15, 0.2) is 0 Å². The minimum atomic E-state index is -0.994. The topological polar surface area (TPSA) is 92.6 Å². The van der Waals surface area contributed by atoms with Crippen LogP contribution in [0.2, 0.25) is 0 Å². The standard InChI is InChI=1S/C9H19N3O2/c1-6(2)7(9(3,4)14)5-12(11)8(10)13/h14H,5,11H2,1-4H3,(H2,10,13). The number of amides is 2. The summed E-state index contributed by atoms with van der Waals surface area (Å²) in [5, 5.41) is 10.7. The van der Waals surface area contributed by atoms with Crippen LogP contribution in [0.25, 0.3) is 0 Å². The molecule has 0 spiro atoms. The highest BCUT2D eigenvalue weighted by Gasteiger charge is 2.22. The maximum atomic E-state index is 10.7. The Bertz CT molecular complexity index is 249. The molecule has 0 aliphatic carbocycles. The third-order valence-electron chi connectivity index (χ3n) is 1.95. The number of carbonyl (C=O) groups excluding carboxylic acids is 1. The van der Waals surface area contributed by atoms with E-state index in [1.807, 2.05) is 13.8 Å². The lowest BCUT2D eigenvalue weighted by atomic mass is 9.94. The third-order valence-corrected chi connectivity index (χ3v) is 1.95. The van der Waals surface area contributed by atoms with Crippen molar-refractivity contribution in [2.75, 3.05) is 6.54 Å². The lowest BCUT2D eigenvalue weighted by Gasteiger charge is -2.26. The van der Waals surface area contributed by atoms with Crippen molar-refractivity contribution in [3.05, 3.63) is 11.1 Å². The summed E-state index contributed by atoms with van der Waals surface area (Å²) in [7, 11) is 0. The number of urea groups is 1. The van der Waals surface area contributed by atoms with Crippen molar-refractivity contribution in [2.24, 2.45) is 11.6 Å². The largest absolute Gasteiger partial charge is 0.386 e. The maximum Gasteiger partial charge on any atom is 0.329 e. The Balaban J connectivity index is 4.76. The molecule has 0 aromatic carbocycles. The molecule has 0 aromatic heterocycles. The summed E-state index contributed by atoms with van der Waals surface area (Å²) in [6.07, 6.45) is 0. The van der Waals surface area contributed by atoms with Gasteiger partial charge in [-0.3, -0.25) is 5.01 Å². The van der Waals surface area contributed by atoms with E-state index in [1.54, 1.807) is 13.8 Å². The molecule has 0 aromatic rings. The van der Waals surface area contributed by atoms with Gasteiger partial charge in [0.25, 0.3) is 0 Å². The summed E-state index contributed by atoms with van der Waals surface area (Å²) < 4.78 is 0. The minimum absolute atomic E-state index is 0.140. The third kappa shape index (κ3) is 3.76. The molecule has 0 aliphatic rings. The lowest BCUT2D eigenvalue weighted by molar-refractivity contribution is 0.109. The average Bonchev–Trinajstić information content (AvgIpc) is 1.96. The first-order chi connectivity index (χ1) is 6.16. The van der Waals surface area contributed by atoms with Gasteiger partial charge >= 0.3 is 6.03 Å². The van der Waals surface area contributed by atoms with Gasteiger partial charge in [-0.05, 0) is 33.3 Å². The number of allylic oxidation sites excluding steroid dienone is 1. The highest BCUT2D eigenvalue weighted by Crippen LogP contribution is 2.19. The van der Waals surface area contributed by atoms with Crippen molar-refractivity contribution in [3.8, 4) is 0 Å². The van der Waals surface area contributed by atoms with Gasteiger partial charge in [0.05, 0.1) is 12.1 Å². The zero-order chi connectivity index (χ0) is 11.5. The average molecular weight is 201 g/mol. The number of aliphatic hydroxyl groups is 1. The van der Waals surface area contributed by atoms with Crippen molar-refractivity contribution in [1.82, 2.24) is 5.01 Å². The highest BCUT2D eigenvalue weighted by molar-refractivity contribution is 5.71. The molecule has 0 bridgehead atoms. The molecule has 0 rings (SSSR count). The Hall–Kier alpha value is -1.07. The molecule has 5 N–H and O–H groups in total. The second-order valence-corrected chi connectivity index (χ2v) is 4.00.